The number of nitrogens with one attached hydrogen (secondary N) is 3. The molecule has 0 aliphatic heterocycles. The van der Waals surface area contributed by atoms with Gasteiger partial charge in [-0.3, -0.25) is 14.6 Å². The van der Waals surface area contributed by atoms with E-state index in [4.69, 9.17) is 0 Å². The van der Waals surface area contributed by atoms with Crippen molar-refractivity contribution < 1.29 is 9.90 Å². The lowest BCUT2D eigenvalue weighted by Crippen LogP contribution is -2.40. The van der Waals surface area contributed by atoms with Crippen LogP contribution in [0, 0.1) is 5.41 Å². The average molecular weight is 267 g/mol. The Balaban J connectivity index is 2.05. The van der Waals surface area contributed by atoms with Crippen molar-refractivity contribution in [1.82, 2.24) is 15.3 Å². The topological polar surface area (TPSA) is 115 Å². The fourth-order valence-electron chi connectivity index (χ4n) is 2.46. The van der Waals surface area contributed by atoms with Crippen LogP contribution < -0.4 is 16.6 Å². The Kier molecular flexibility index (Phi) is 3.84. The molecule has 7 heteroatoms. The Labute approximate surface area is 109 Å². The largest absolute Gasteiger partial charge is 0.396 e. The molecule has 0 spiro atoms. The molecule has 1 saturated carbocycles. The molecule has 0 aromatic carbocycles. The summed E-state index contributed by atoms with van der Waals surface area (Å²) in [5.74, 6) is -0.544. The molecule has 1 amide bonds. The van der Waals surface area contributed by atoms with Crippen molar-refractivity contribution >= 4 is 5.91 Å². The van der Waals surface area contributed by atoms with Crippen molar-refractivity contribution in [1.29, 1.82) is 0 Å². The number of hydrogen-bond donors (Lipinski definition) is 4. The number of aromatic amines is 2. The Hall–Kier alpha value is -1.89. The zero-order valence-corrected chi connectivity index (χ0v) is 10.5. The first-order valence-electron chi connectivity index (χ1n) is 6.27. The van der Waals surface area contributed by atoms with Crippen molar-refractivity contribution in [2.24, 2.45) is 5.41 Å². The highest BCUT2D eigenvalue weighted by molar-refractivity contribution is 5.93. The highest BCUT2D eigenvalue weighted by atomic mass is 16.3. The van der Waals surface area contributed by atoms with E-state index in [-0.39, 0.29) is 17.6 Å². The van der Waals surface area contributed by atoms with Gasteiger partial charge in [0.2, 0.25) is 0 Å². The van der Waals surface area contributed by atoms with Crippen molar-refractivity contribution in [3.8, 4) is 0 Å². The van der Waals surface area contributed by atoms with Gasteiger partial charge < -0.3 is 15.4 Å². The Morgan fingerprint density at radius 1 is 1.37 bits per heavy atom. The number of carbonyl (C=O) groups excluding carboxylic acids is 1. The van der Waals surface area contributed by atoms with E-state index in [9.17, 15) is 19.5 Å². The summed E-state index contributed by atoms with van der Waals surface area (Å²) in [6.07, 6.45) is 4.90. The van der Waals surface area contributed by atoms with Crippen LogP contribution in [0.1, 0.15) is 36.0 Å². The molecule has 19 heavy (non-hydrogen) atoms. The third kappa shape index (κ3) is 2.93. The lowest BCUT2D eigenvalue weighted by atomic mass is 9.87. The predicted octanol–water partition coefficient (Wildman–Crippen LogP) is -0.654. The van der Waals surface area contributed by atoms with Crippen LogP contribution in [0.2, 0.25) is 0 Å². The zero-order valence-electron chi connectivity index (χ0n) is 10.5. The first-order valence-corrected chi connectivity index (χ1v) is 6.27. The standard InChI is InChI=1S/C12H17N3O4/c16-7-12(3-1-2-4-12)6-14-9(17)8-5-13-11(19)15-10(8)18/h5,16H,1-4,6-7H2,(H,14,17)(H2,13,15,18,19). The lowest BCUT2D eigenvalue weighted by Gasteiger charge is -2.26. The minimum atomic E-state index is -0.717. The molecular formula is C12H17N3O4. The van der Waals surface area contributed by atoms with Crippen LogP contribution in [0.3, 0.4) is 0 Å². The van der Waals surface area contributed by atoms with Crippen LogP contribution in [-0.4, -0.2) is 34.1 Å². The number of aliphatic hydroxyl groups excluding tert-OH is 1. The molecule has 1 aliphatic rings. The highest BCUT2D eigenvalue weighted by Crippen LogP contribution is 2.36. The summed E-state index contributed by atoms with van der Waals surface area (Å²) < 4.78 is 0. The van der Waals surface area contributed by atoms with E-state index in [1.165, 1.54) is 0 Å². The third-order valence-corrected chi connectivity index (χ3v) is 3.69. The first kappa shape index (κ1) is 13.5. The molecule has 0 bridgehead atoms. The quantitative estimate of drug-likeness (QED) is 0.580. The summed E-state index contributed by atoms with van der Waals surface area (Å²) in [5, 5.41) is 12.1. The maximum atomic E-state index is 11.9. The molecule has 104 valence electrons. The Morgan fingerprint density at radius 2 is 2.05 bits per heavy atom. The monoisotopic (exact) mass is 267 g/mol. The zero-order chi connectivity index (χ0) is 13.9. The van der Waals surface area contributed by atoms with E-state index in [0.717, 1.165) is 31.9 Å². The molecule has 1 heterocycles. The van der Waals surface area contributed by atoms with Gasteiger partial charge in [0.05, 0.1) is 6.61 Å². The van der Waals surface area contributed by atoms with Crippen molar-refractivity contribution in [3.63, 3.8) is 0 Å². The van der Waals surface area contributed by atoms with E-state index in [1.54, 1.807) is 0 Å². The third-order valence-electron chi connectivity index (χ3n) is 3.69. The van der Waals surface area contributed by atoms with Gasteiger partial charge in [0, 0.05) is 18.2 Å². The summed E-state index contributed by atoms with van der Waals surface area (Å²) in [7, 11) is 0. The van der Waals surface area contributed by atoms with E-state index in [0.29, 0.717) is 6.54 Å². The van der Waals surface area contributed by atoms with Crippen LogP contribution >= 0.6 is 0 Å². The normalized spacial score (nSPS) is 17.3. The van der Waals surface area contributed by atoms with Crippen LogP contribution in [0.4, 0.5) is 0 Å². The van der Waals surface area contributed by atoms with Crippen LogP contribution in [0.25, 0.3) is 0 Å². The molecule has 1 aromatic rings. The fraction of sp³-hybridized carbons (Fsp3) is 0.583. The molecule has 7 nitrogen and oxygen atoms in total. The van der Waals surface area contributed by atoms with Crippen molar-refractivity contribution in [3.05, 3.63) is 32.6 Å². The Morgan fingerprint density at radius 3 is 2.63 bits per heavy atom. The Bertz CT molecular complexity index is 569. The van der Waals surface area contributed by atoms with E-state index in [1.807, 2.05) is 4.98 Å². The number of amides is 1. The van der Waals surface area contributed by atoms with Gasteiger partial charge in [0.15, 0.2) is 0 Å². The summed E-state index contributed by atoms with van der Waals surface area (Å²) in [6.45, 7) is 0.357. The minimum Gasteiger partial charge on any atom is -0.396 e. The summed E-state index contributed by atoms with van der Waals surface area (Å²) in [6, 6.07) is 0. The molecule has 1 aliphatic carbocycles. The van der Waals surface area contributed by atoms with Gasteiger partial charge in [-0.2, -0.15) is 0 Å². The van der Waals surface area contributed by atoms with Gasteiger partial charge in [0.1, 0.15) is 5.56 Å². The molecule has 4 N–H and O–H groups in total. The number of aliphatic hydroxyl groups is 1. The van der Waals surface area contributed by atoms with E-state index in [2.05, 4.69) is 10.3 Å². The molecular weight excluding hydrogens is 250 g/mol. The van der Waals surface area contributed by atoms with Gasteiger partial charge in [0.25, 0.3) is 11.5 Å². The average Bonchev–Trinajstić information content (AvgIpc) is 2.85. The van der Waals surface area contributed by atoms with Crippen LogP contribution in [-0.2, 0) is 0 Å². The fourth-order valence-corrected chi connectivity index (χ4v) is 2.46. The molecule has 0 radical (unpaired) electrons. The number of aromatic nitrogens is 2. The van der Waals surface area contributed by atoms with Gasteiger partial charge in [-0.15, -0.1) is 0 Å². The predicted molar refractivity (Wildman–Crippen MR) is 68.0 cm³/mol. The summed E-state index contributed by atoms with van der Waals surface area (Å²) in [5.41, 5.74) is -1.77. The molecule has 2 rings (SSSR count). The van der Waals surface area contributed by atoms with E-state index >= 15 is 0 Å². The van der Waals surface area contributed by atoms with E-state index < -0.39 is 17.2 Å². The molecule has 0 unspecified atom stereocenters. The molecule has 1 aromatic heterocycles. The molecule has 0 saturated heterocycles. The van der Waals surface area contributed by atoms with Gasteiger partial charge >= 0.3 is 5.69 Å². The maximum absolute atomic E-state index is 11.9. The summed E-state index contributed by atoms with van der Waals surface area (Å²) in [4.78, 5) is 38.4. The van der Waals surface area contributed by atoms with Gasteiger partial charge in [-0.05, 0) is 12.8 Å². The number of rotatable bonds is 4. The van der Waals surface area contributed by atoms with Crippen molar-refractivity contribution in [2.45, 2.75) is 25.7 Å². The van der Waals surface area contributed by atoms with Gasteiger partial charge in [-0.25, -0.2) is 4.79 Å². The maximum Gasteiger partial charge on any atom is 0.325 e. The highest BCUT2D eigenvalue weighted by Gasteiger charge is 2.33. The van der Waals surface area contributed by atoms with Crippen LogP contribution in [0.5, 0.6) is 0 Å². The number of hydrogen-bond acceptors (Lipinski definition) is 4. The first-order chi connectivity index (χ1) is 9.06. The molecule has 1 fully saturated rings. The number of carbonyl (C=O) groups is 1. The lowest BCUT2D eigenvalue weighted by molar-refractivity contribution is 0.0879. The van der Waals surface area contributed by atoms with Gasteiger partial charge in [-0.1, -0.05) is 12.8 Å². The second-order valence-electron chi connectivity index (χ2n) is 5.03. The van der Waals surface area contributed by atoms with Crippen LogP contribution in [0.15, 0.2) is 15.8 Å². The smallest absolute Gasteiger partial charge is 0.325 e. The SMILES string of the molecule is O=C(NCC1(CO)CCCC1)c1c[nH]c(=O)[nH]c1=O. The summed E-state index contributed by atoms with van der Waals surface area (Å²) >= 11 is 0. The van der Waals surface area contributed by atoms with Crippen molar-refractivity contribution in [2.75, 3.05) is 13.2 Å². The second-order valence-corrected chi connectivity index (χ2v) is 5.03. The molecule has 0 atom stereocenters. The number of H-pyrrole nitrogens is 2. The second kappa shape index (κ2) is 5.40. The minimum absolute atomic E-state index is 0.0231.